The fourth-order valence-corrected chi connectivity index (χ4v) is 4.38. The summed E-state index contributed by atoms with van der Waals surface area (Å²) in [7, 11) is 3.76. The van der Waals surface area contributed by atoms with Crippen molar-refractivity contribution >= 4 is 27.6 Å². The van der Waals surface area contributed by atoms with Gasteiger partial charge in [0.05, 0.1) is 29.0 Å². The number of hydrogen-bond acceptors (Lipinski definition) is 7. The summed E-state index contributed by atoms with van der Waals surface area (Å²) in [5, 5.41) is 8.49. The number of nitrogens with one attached hydrogen (secondary N) is 2. The summed E-state index contributed by atoms with van der Waals surface area (Å²) in [6.45, 7) is 4.17. The van der Waals surface area contributed by atoms with Crippen molar-refractivity contribution in [1.82, 2.24) is 30.0 Å². The Morgan fingerprint density at radius 1 is 0.941 bits per heavy atom. The molecular formula is C25H25N7O2. The van der Waals surface area contributed by atoms with Crippen LogP contribution in [-0.2, 0) is 0 Å². The molecule has 6 rings (SSSR count). The summed E-state index contributed by atoms with van der Waals surface area (Å²) >= 11 is 0. The first kappa shape index (κ1) is 20.5. The van der Waals surface area contributed by atoms with Crippen LogP contribution in [0.2, 0.25) is 0 Å². The Balaban J connectivity index is 1.39. The van der Waals surface area contributed by atoms with E-state index in [-0.39, 0.29) is 0 Å². The number of nitrogens with zero attached hydrogens (tertiary/aromatic N) is 5. The van der Waals surface area contributed by atoms with Crippen molar-refractivity contribution in [3.63, 3.8) is 0 Å². The minimum atomic E-state index is 0.395. The van der Waals surface area contributed by atoms with E-state index in [0.29, 0.717) is 28.9 Å². The summed E-state index contributed by atoms with van der Waals surface area (Å²) in [5.41, 5.74) is 4.62. The molecule has 3 aromatic heterocycles. The van der Waals surface area contributed by atoms with Gasteiger partial charge in [0.15, 0.2) is 11.6 Å². The van der Waals surface area contributed by atoms with Gasteiger partial charge in [-0.1, -0.05) is 6.07 Å². The summed E-state index contributed by atoms with van der Waals surface area (Å²) in [4.78, 5) is 17.4. The molecular weight excluding hydrogens is 430 g/mol. The molecule has 1 saturated heterocycles. The fraction of sp³-hybridized carbons (Fsp3) is 0.240. The highest BCUT2D eigenvalue weighted by molar-refractivity contribution is 5.97. The summed E-state index contributed by atoms with van der Waals surface area (Å²) in [5.74, 6) is 2.26. The Kier molecular flexibility index (Phi) is 5.03. The molecule has 0 amide bonds. The van der Waals surface area contributed by atoms with Gasteiger partial charge in [-0.3, -0.25) is 5.10 Å². The molecule has 34 heavy (non-hydrogen) atoms. The predicted octanol–water partition coefficient (Wildman–Crippen LogP) is 4.05. The minimum Gasteiger partial charge on any atom is -0.491 e. The third kappa shape index (κ3) is 3.60. The lowest BCUT2D eigenvalue weighted by Crippen LogP contribution is -2.44. The van der Waals surface area contributed by atoms with Crippen molar-refractivity contribution in [3.8, 4) is 28.9 Å². The molecule has 1 aliphatic rings. The smallest absolute Gasteiger partial charge is 0.262 e. The molecule has 2 aromatic carbocycles. The summed E-state index contributed by atoms with van der Waals surface area (Å²) in [6.07, 6.45) is 1.67. The van der Waals surface area contributed by atoms with E-state index in [1.807, 2.05) is 24.3 Å². The van der Waals surface area contributed by atoms with Gasteiger partial charge in [-0.25, -0.2) is 9.97 Å². The molecule has 0 aliphatic carbocycles. The van der Waals surface area contributed by atoms with E-state index in [9.17, 15) is 0 Å². The van der Waals surface area contributed by atoms with Crippen LogP contribution in [0, 0.1) is 0 Å². The Labute approximate surface area is 196 Å². The minimum absolute atomic E-state index is 0.395. The zero-order valence-corrected chi connectivity index (χ0v) is 19.1. The van der Waals surface area contributed by atoms with E-state index in [0.717, 1.165) is 48.1 Å². The van der Waals surface area contributed by atoms with E-state index < -0.39 is 0 Å². The van der Waals surface area contributed by atoms with Gasteiger partial charge in [0.1, 0.15) is 11.4 Å². The van der Waals surface area contributed by atoms with Gasteiger partial charge in [-0.05, 0) is 49.5 Å². The molecule has 0 radical (unpaired) electrons. The van der Waals surface area contributed by atoms with Crippen LogP contribution in [-0.4, -0.2) is 70.4 Å². The molecule has 0 atom stereocenters. The first-order valence-corrected chi connectivity index (χ1v) is 11.3. The maximum Gasteiger partial charge on any atom is 0.262 e. The van der Waals surface area contributed by atoms with Crippen LogP contribution in [0.15, 0.2) is 54.7 Å². The van der Waals surface area contributed by atoms with Crippen LogP contribution in [0.1, 0.15) is 0 Å². The van der Waals surface area contributed by atoms with E-state index in [4.69, 9.17) is 14.5 Å². The molecule has 5 aromatic rings. The second-order valence-electron chi connectivity index (χ2n) is 8.44. The zero-order valence-electron chi connectivity index (χ0n) is 19.1. The van der Waals surface area contributed by atoms with Crippen LogP contribution in [0.25, 0.3) is 33.5 Å². The van der Waals surface area contributed by atoms with Gasteiger partial charge < -0.3 is 24.3 Å². The quantitative estimate of drug-likeness (QED) is 0.413. The molecule has 0 bridgehead atoms. The van der Waals surface area contributed by atoms with Crippen LogP contribution in [0.5, 0.6) is 17.4 Å². The second kappa shape index (κ2) is 8.35. The predicted molar refractivity (Wildman–Crippen MR) is 132 cm³/mol. The number of methoxy groups -OCH3 is 1. The van der Waals surface area contributed by atoms with Gasteiger partial charge in [0, 0.05) is 38.1 Å². The normalized spacial score (nSPS) is 14.7. The molecule has 1 aliphatic heterocycles. The number of piperazine rings is 1. The molecule has 172 valence electrons. The van der Waals surface area contributed by atoms with Crippen molar-refractivity contribution in [2.75, 3.05) is 45.2 Å². The first-order valence-electron chi connectivity index (χ1n) is 11.3. The van der Waals surface area contributed by atoms with Crippen LogP contribution in [0.4, 0.5) is 5.69 Å². The highest BCUT2D eigenvalue weighted by Gasteiger charge is 2.19. The average Bonchev–Trinajstić information content (AvgIpc) is 3.49. The van der Waals surface area contributed by atoms with E-state index in [1.54, 1.807) is 19.4 Å². The third-order valence-corrected chi connectivity index (χ3v) is 6.27. The van der Waals surface area contributed by atoms with Crippen LogP contribution >= 0.6 is 0 Å². The monoisotopic (exact) mass is 455 g/mol. The summed E-state index contributed by atoms with van der Waals surface area (Å²) < 4.78 is 11.6. The van der Waals surface area contributed by atoms with Crippen molar-refractivity contribution in [3.05, 3.63) is 54.7 Å². The number of aromatic amines is 2. The number of fused-ring (bicyclic) bond motifs is 2. The highest BCUT2D eigenvalue weighted by Crippen LogP contribution is 2.37. The molecule has 0 spiro atoms. The summed E-state index contributed by atoms with van der Waals surface area (Å²) in [6, 6.07) is 15.8. The highest BCUT2D eigenvalue weighted by atomic mass is 16.5. The number of pyridine rings is 1. The Bertz CT molecular complexity index is 1470. The number of aromatic nitrogens is 5. The standard InChI is InChI=1S/C25H25N7O2/c1-31-11-13-32(14-12-31)16-8-9-17-19(15-16)28-24(27-17)23-22-18(29-30-23)5-3-6-20(22)34-25-21(33-2)7-4-10-26-25/h3-10,15H,11-14H2,1-2H3,(H,27,28)(H,29,30). The van der Waals surface area contributed by atoms with Gasteiger partial charge in [0.25, 0.3) is 5.88 Å². The van der Waals surface area contributed by atoms with Crippen molar-refractivity contribution in [2.24, 2.45) is 0 Å². The molecule has 1 fully saturated rings. The lowest BCUT2D eigenvalue weighted by Gasteiger charge is -2.34. The third-order valence-electron chi connectivity index (χ3n) is 6.27. The average molecular weight is 456 g/mol. The maximum atomic E-state index is 6.17. The molecule has 0 unspecified atom stereocenters. The van der Waals surface area contributed by atoms with Gasteiger partial charge in [0.2, 0.25) is 0 Å². The van der Waals surface area contributed by atoms with Crippen molar-refractivity contribution < 1.29 is 9.47 Å². The van der Waals surface area contributed by atoms with Crippen molar-refractivity contribution in [2.45, 2.75) is 0 Å². The molecule has 2 N–H and O–H groups in total. The second-order valence-corrected chi connectivity index (χ2v) is 8.44. The van der Waals surface area contributed by atoms with Crippen LogP contribution < -0.4 is 14.4 Å². The van der Waals surface area contributed by atoms with Gasteiger partial charge in [-0.2, -0.15) is 5.10 Å². The Morgan fingerprint density at radius 2 is 1.79 bits per heavy atom. The van der Waals surface area contributed by atoms with Crippen LogP contribution in [0.3, 0.4) is 0 Å². The van der Waals surface area contributed by atoms with Gasteiger partial charge >= 0.3 is 0 Å². The topological polar surface area (TPSA) is 95.2 Å². The van der Waals surface area contributed by atoms with Gasteiger partial charge in [-0.15, -0.1) is 0 Å². The number of H-pyrrole nitrogens is 2. The number of ether oxygens (including phenoxy) is 2. The van der Waals surface area contributed by atoms with E-state index >= 15 is 0 Å². The zero-order chi connectivity index (χ0) is 23.1. The number of likely N-dealkylation sites (N-methyl/N-ethyl adjacent to an activating group) is 1. The fourth-order valence-electron chi connectivity index (χ4n) is 4.38. The van der Waals surface area contributed by atoms with Crippen molar-refractivity contribution in [1.29, 1.82) is 0 Å². The number of rotatable bonds is 5. The number of hydrogen-bond donors (Lipinski definition) is 2. The van der Waals surface area contributed by atoms with E-state index in [2.05, 4.69) is 55.2 Å². The lowest BCUT2D eigenvalue weighted by molar-refractivity contribution is 0.313. The molecule has 0 saturated carbocycles. The number of benzene rings is 2. The van der Waals surface area contributed by atoms with E-state index in [1.165, 1.54) is 5.69 Å². The molecule has 4 heterocycles. The number of anilines is 1. The number of imidazole rings is 1. The molecule has 9 heteroatoms. The Morgan fingerprint density at radius 3 is 2.65 bits per heavy atom. The SMILES string of the molecule is COc1cccnc1Oc1cccc2[nH]nc(-c3nc4ccc(N5CCN(C)CC5)cc4[nH]3)c12. The Hall–Kier alpha value is -4.11. The first-order chi connectivity index (χ1) is 16.7. The lowest BCUT2D eigenvalue weighted by atomic mass is 10.2. The largest absolute Gasteiger partial charge is 0.491 e. The molecule has 9 nitrogen and oxygen atoms in total. The maximum absolute atomic E-state index is 6.17.